The summed E-state index contributed by atoms with van der Waals surface area (Å²) in [5.74, 6) is -2.49. The summed E-state index contributed by atoms with van der Waals surface area (Å²) in [6.45, 7) is 0. The SMILES string of the molecule is O=C(O)CC(c1cccc2[nH]ccc12)C(F)F. The first-order valence-electron chi connectivity index (χ1n) is 5.15. The second-order valence-electron chi connectivity index (χ2n) is 3.82. The number of fused-ring (bicyclic) bond motifs is 1. The molecule has 2 N–H and O–H groups in total. The van der Waals surface area contributed by atoms with Crippen molar-refractivity contribution in [1.29, 1.82) is 0 Å². The van der Waals surface area contributed by atoms with Crippen molar-refractivity contribution in [3.8, 4) is 0 Å². The van der Waals surface area contributed by atoms with Gasteiger partial charge in [0.25, 0.3) is 0 Å². The third kappa shape index (κ3) is 2.27. The van der Waals surface area contributed by atoms with E-state index >= 15 is 0 Å². The molecule has 0 saturated carbocycles. The predicted molar refractivity (Wildman–Crippen MR) is 59.3 cm³/mol. The lowest BCUT2D eigenvalue weighted by Gasteiger charge is -2.15. The number of rotatable bonds is 4. The smallest absolute Gasteiger partial charge is 0.304 e. The Morgan fingerprint density at radius 2 is 2.12 bits per heavy atom. The summed E-state index contributed by atoms with van der Waals surface area (Å²) in [7, 11) is 0. The lowest BCUT2D eigenvalue weighted by atomic mass is 9.93. The third-order valence-electron chi connectivity index (χ3n) is 2.73. The Balaban J connectivity index is 2.48. The van der Waals surface area contributed by atoms with E-state index in [0.717, 1.165) is 5.52 Å². The summed E-state index contributed by atoms with van der Waals surface area (Å²) < 4.78 is 25.8. The quantitative estimate of drug-likeness (QED) is 0.861. The summed E-state index contributed by atoms with van der Waals surface area (Å²) in [6.07, 6.45) is -1.61. The van der Waals surface area contributed by atoms with E-state index in [0.29, 0.717) is 10.9 Å². The molecule has 5 heteroatoms. The number of benzene rings is 1. The topological polar surface area (TPSA) is 53.1 Å². The fourth-order valence-electron chi connectivity index (χ4n) is 1.96. The number of aliphatic carboxylic acids is 1. The van der Waals surface area contributed by atoms with E-state index in [-0.39, 0.29) is 0 Å². The highest BCUT2D eigenvalue weighted by Gasteiger charge is 2.26. The summed E-state index contributed by atoms with van der Waals surface area (Å²) in [5, 5.41) is 9.33. The first-order chi connectivity index (χ1) is 8.09. The number of aromatic amines is 1. The van der Waals surface area contributed by atoms with E-state index in [2.05, 4.69) is 4.98 Å². The average molecular weight is 239 g/mol. The molecular weight excluding hydrogens is 228 g/mol. The van der Waals surface area contributed by atoms with Crippen LogP contribution in [0.1, 0.15) is 17.9 Å². The van der Waals surface area contributed by atoms with Crippen LogP contribution in [-0.2, 0) is 4.79 Å². The maximum absolute atomic E-state index is 12.9. The van der Waals surface area contributed by atoms with Gasteiger partial charge in [-0.3, -0.25) is 4.79 Å². The predicted octanol–water partition coefficient (Wildman–Crippen LogP) is 2.99. The normalized spacial score (nSPS) is 13.1. The minimum atomic E-state index is -2.69. The van der Waals surface area contributed by atoms with Crippen molar-refractivity contribution in [1.82, 2.24) is 4.98 Å². The maximum Gasteiger partial charge on any atom is 0.304 e. The van der Waals surface area contributed by atoms with Crippen molar-refractivity contribution in [2.75, 3.05) is 0 Å². The molecule has 0 aliphatic rings. The Morgan fingerprint density at radius 1 is 1.35 bits per heavy atom. The first-order valence-corrected chi connectivity index (χ1v) is 5.15. The molecule has 1 aromatic heterocycles. The molecule has 90 valence electrons. The Morgan fingerprint density at radius 3 is 2.76 bits per heavy atom. The first kappa shape index (κ1) is 11.6. The lowest BCUT2D eigenvalue weighted by Crippen LogP contribution is -2.14. The van der Waals surface area contributed by atoms with Crippen LogP contribution in [0.3, 0.4) is 0 Å². The van der Waals surface area contributed by atoms with Crippen molar-refractivity contribution in [3.05, 3.63) is 36.0 Å². The molecule has 1 unspecified atom stereocenters. The molecule has 0 fully saturated rings. The second-order valence-corrected chi connectivity index (χ2v) is 3.82. The zero-order chi connectivity index (χ0) is 12.4. The van der Waals surface area contributed by atoms with Gasteiger partial charge in [-0.1, -0.05) is 12.1 Å². The van der Waals surface area contributed by atoms with Crippen LogP contribution in [0.15, 0.2) is 30.5 Å². The van der Waals surface area contributed by atoms with Gasteiger partial charge in [-0.2, -0.15) is 0 Å². The second kappa shape index (κ2) is 4.53. The molecular formula is C12H11F2NO2. The Labute approximate surface area is 96.1 Å². The Kier molecular flexibility index (Phi) is 3.08. The summed E-state index contributed by atoms with van der Waals surface area (Å²) in [4.78, 5) is 13.5. The third-order valence-corrected chi connectivity index (χ3v) is 2.73. The van der Waals surface area contributed by atoms with Crippen LogP contribution in [-0.4, -0.2) is 22.5 Å². The van der Waals surface area contributed by atoms with Crippen LogP contribution < -0.4 is 0 Å². The van der Waals surface area contributed by atoms with Gasteiger partial charge in [0.15, 0.2) is 0 Å². The molecule has 2 aromatic rings. The van der Waals surface area contributed by atoms with Crippen molar-refractivity contribution < 1.29 is 18.7 Å². The number of nitrogens with one attached hydrogen (secondary N) is 1. The van der Waals surface area contributed by atoms with E-state index in [1.165, 1.54) is 0 Å². The molecule has 0 saturated heterocycles. The molecule has 0 spiro atoms. The average Bonchev–Trinajstić information content (AvgIpc) is 2.73. The van der Waals surface area contributed by atoms with Gasteiger partial charge >= 0.3 is 5.97 Å². The van der Waals surface area contributed by atoms with Gasteiger partial charge in [0.05, 0.1) is 12.3 Å². The van der Waals surface area contributed by atoms with Crippen LogP contribution in [0.5, 0.6) is 0 Å². The molecule has 17 heavy (non-hydrogen) atoms. The number of aromatic nitrogens is 1. The van der Waals surface area contributed by atoms with Crippen LogP contribution in [0, 0.1) is 0 Å². The highest BCUT2D eigenvalue weighted by atomic mass is 19.3. The number of H-pyrrole nitrogens is 1. The highest BCUT2D eigenvalue weighted by molar-refractivity contribution is 5.84. The van der Waals surface area contributed by atoms with Crippen molar-refractivity contribution in [2.24, 2.45) is 0 Å². The minimum absolute atomic E-state index is 0.376. The van der Waals surface area contributed by atoms with Gasteiger partial charge < -0.3 is 10.1 Å². The van der Waals surface area contributed by atoms with E-state index in [4.69, 9.17) is 5.11 Å². The number of carbonyl (C=O) groups is 1. The van der Waals surface area contributed by atoms with E-state index in [1.807, 2.05) is 0 Å². The molecule has 1 heterocycles. The van der Waals surface area contributed by atoms with Crippen LogP contribution >= 0.6 is 0 Å². The van der Waals surface area contributed by atoms with Crippen LogP contribution in [0.25, 0.3) is 10.9 Å². The number of hydrogen-bond donors (Lipinski definition) is 2. The van der Waals surface area contributed by atoms with Crippen molar-refractivity contribution in [2.45, 2.75) is 18.8 Å². The van der Waals surface area contributed by atoms with Gasteiger partial charge in [-0.05, 0) is 17.7 Å². The van der Waals surface area contributed by atoms with E-state index in [9.17, 15) is 13.6 Å². The van der Waals surface area contributed by atoms with E-state index < -0.39 is 24.7 Å². The molecule has 0 aliphatic heterocycles. The molecule has 3 nitrogen and oxygen atoms in total. The summed E-state index contributed by atoms with van der Waals surface area (Å²) in [6, 6.07) is 6.64. The van der Waals surface area contributed by atoms with Gasteiger partial charge in [-0.15, -0.1) is 0 Å². The zero-order valence-electron chi connectivity index (χ0n) is 8.86. The summed E-state index contributed by atoms with van der Waals surface area (Å²) >= 11 is 0. The number of halogens is 2. The minimum Gasteiger partial charge on any atom is -0.481 e. The number of alkyl halides is 2. The number of carboxylic acid groups (broad SMARTS) is 1. The van der Waals surface area contributed by atoms with E-state index in [1.54, 1.807) is 30.5 Å². The monoisotopic (exact) mass is 239 g/mol. The van der Waals surface area contributed by atoms with Crippen molar-refractivity contribution >= 4 is 16.9 Å². The molecule has 0 amide bonds. The van der Waals surface area contributed by atoms with Crippen molar-refractivity contribution in [3.63, 3.8) is 0 Å². The number of hydrogen-bond acceptors (Lipinski definition) is 1. The fraction of sp³-hybridized carbons (Fsp3) is 0.250. The lowest BCUT2D eigenvalue weighted by molar-refractivity contribution is -0.138. The fourth-order valence-corrected chi connectivity index (χ4v) is 1.96. The Bertz CT molecular complexity index is 536. The molecule has 2 rings (SSSR count). The maximum atomic E-state index is 12.9. The highest BCUT2D eigenvalue weighted by Crippen LogP contribution is 2.32. The summed E-state index contributed by atoms with van der Waals surface area (Å²) in [5.41, 5.74) is 1.11. The van der Waals surface area contributed by atoms with Crippen LogP contribution in [0.4, 0.5) is 8.78 Å². The zero-order valence-corrected chi connectivity index (χ0v) is 8.86. The molecule has 1 atom stereocenters. The number of carboxylic acids is 1. The standard InChI is InChI=1S/C12H11F2NO2/c13-12(14)9(6-11(16)17)7-2-1-3-10-8(7)4-5-15-10/h1-5,9,12,15H,6H2,(H,16,17). The van der Waals surface area contributed by atoms with Crippen LogP contribution in [0.2, 0.25) is 0 Å². The Hall–Kier alpha value is -1.91. The largest absolute Gasteiger partial charge is 0.481 e. The molecule has 0 radical (unpaired) electrons. The molecule has 0 bridgehead atoms. The molecule has 1 aromatic carbocycles. The molecule has 0 aliphatic carbocycles. The van der Waals surface area contributed by atoms with Gasteiger partial charge in [-0.25, -0.2) is 8.78 Å². The van der Waals surface area contributed by atoms with Gasteiger partial charge in [0, 0.05) is 17.1 Å². The van der Waals surface area contributed by atoms with Gasteiger partial charge in [0.1, 0.15) is 0 Å². The van der Waals surface area contributed by atoms with Gasteiger partial charge in [0.2, 0.25) is 6.43 Å².